The number of nitrogens with zero attached hydrogens (tertiary/aromatic N) is 6. The van der Waals surface area contributed by atoms with Crippen LogP contribution in [-0.4, -0.2) is 48.5 Å². The molecule has 0 atom stereocenters. The van der Waals surface area contributed by atoms with Crippen molar-refractivity contribution in [2.75, 3.05) is 18.4 Å². The quantitative estimate of drug-likeness (QED) is 0.281. The van der Waals surface area contributed by atoms with Crippen molar-refractivity contribution in [3.05, 3.63) is 47.8 Å². The number of rotatable bonds is 10. The van der Waals surface area contributed by atoms with Gasteiger partial charge in [-0.2, -0.15) is 13.2 Å². The molecular formula is C29H44F3N7. The largest absolute Gasteiger partial charge is 0.420 e. The van der Waals surface area contributed by atoms with E-state index in [2.05, 4.69) is 39.0 Å². The van der Waals surface area contributed by atoms with Crippen molar-refractivity contribution in [2.45, 2.75) is 98.3 Å². The average Bonchev–Trinajstić information content (AvgIpc) is 3.40. The molecule has 3 aromatic heterocycles. The zero-order valence-corrected chi connectivity index (χ0v) is 23.9. The zero-order chi connectivity index (χ0) is 28.4. The van der Waals surface area contributed by atoms with Gasteiger partial charge in [-0.3, -0.25) is 9.88 Å². The highest BCUT2D eigenvalue weighted by molar-refractivity contribution is 5.61. The zero-order valence-electron chi connectivity index (χ0n) is 23.9. The normalized spacial score (nSPS) is 14.3. The third kappa shape index (κ3) is 8.24. The summed E-state index contributed by atoms with van der Waals surface area (Å²) in [4.78, 5) is 19.7. The van der Waals surface area contributed by atoms with E-state index in [1.165, 1.54) is 25.6 Å². The fraction of sp³-hybridized carbons (Fsp3) is 0.586. The molecule has 216 valence electrons. The molecule has 1 fully saturated rings. The molecule has 0 saturated carbocycles. The van der Waals surface area contributed by atoms with Gasteiger partial charge in [-0.25, -0.2) is 15.0 Å². The van der Waals surface area contributed by atoms with Gasteiger partial charge in [0, 0.05) is 26.4 Å². The molecule has 4 rings (SSSR count). The van der Waals surface area contributed by atoms with E-state index in [-0.39, 0.29) is 24.8 Å². The first kappa shape index (κ1) is 30.5. The summed E-state index contributed by atoms with van der Waals surface area (Å²) < 4.78 is 43.3. The first-order chi connectivity index (χ1) is 18.8. The van der Waals surface area contributed by atoms with Crippen LogP contribution >= 0.6 is 0 Å². The first-order valence-corrected chi connectivity index (χ1v) is 14.2. The number of nitrogens with one attached hydrogen (secondary N) is 1. The maximum absolute atomic E-state index is 13.9. The van der Waals surface area contributed by atoms with Gasteiger partial charge in [0.05, 0.1) is 17.1 Å². The number of pyridine rings is 1. The standard InChI is InChI=1S/C27H36F3N7.C2H6.H2/c1-4-9-20(10-5-2)34-26-31-15-22(27(28,29)30)25(35-26)23-17-37(18-32-23)24-12-11-21(33-19(24)3)16-36-13-7-6-8-14-36;1-2;/h11-12,15,17-18,20H,4-10,13-14,16H2,1-3H3,(H,31,34,35);1-2H3;1H. The Morgan fingerprint density at radius 1 is 1.00 bits per heavy atom. The number of aryl methyl sites for hydroxylation is 1. The van der Waals surface area contributed by atoms with Crippen molar-refractivity contribution in [3.63, 3.8) is 0 Å². The van der Waals surface area contributed by atoms with Gasteiger partial charge < -0.3 is 9.88 Å². The minimum absolute atomic E-state index is 0. The second-order valence-electron chi connectivity index (χ2n) is 9.78. The molecule has 0 amide bonds. The molecule has 3 aromatic rings. The molecule has 0 aromatic carbocycles. The molecule has 0 radical (unpaired) electrons. The lowest BCUT2D eigenvalue weighted by molar-refractivity contribution is -0.137. The number of hydrogen-bond donors (Lipinski definition) is 1. The number of anilines is 1. The number of piperidine rings is 1. The van der Waals surface area contributed by atoms with Crippen LogP contribution in [0.25, 0.3) is 17.1 Å². The van der Waals surface area contributed by atoms with Crippen LogP contribution in [0.15, 0.2) is 30.9 Å². The van der Waals surface area contributed by atoms with Gasteiger partial charge >= 0.3 is 6.18 Å². The molecule has 0 aliphatic carbocycles. The van der Waals surface area contributed by atoms with Crippen molar-refractivity contribution >= 4 is 5.95 Å². The van der Waals surface area contributed by atoms with Crippen LogP contribution in [0.1, 0.15) is 91.0 Å². The Labute approximate surface area is 231 Å². The van der Waals surface area contributed by atoms with E-state index in [9.17, 15) is 13.2 Å². The molecular weight excluding hydrogens is 503 g/mol. The number of likely N-dealkylation sites (tertiary alicyclic amines) is 1. The van der Waals surface area contributed by atoms with Gasteiger partial charge in [0.1, 0.15) is 23.3 Å². The highest BCUT2D eigenvalue weighted by Crippen LogP contribution is 2.36. The molecule has 10 heteroatoms. The van der Waals surface area contributed by atoms with Gasteiger partial charge in [-0.05, 0) is 57.8 Å². The summed E-state index contributed by atoms with van der Waals surface area (Å²) in [7, 11) is 0. The van der Waals surface area contributed by atoms with E-state index in [1.54, 1.807) is 10.8 Å². The van der Waals surface area contributed by atoms with Crippen LogP contribution in [0.2, 0.25) is 0 Å². The van der Waals surface area contributed by atoms with Crippen LogP contribution < -0.4 is 5.32 Å². The third-order valence-corrected chi connectivity index (χ3v) is 6.75. The predicted octanol–water partition coefficient (Wildman–Crippen LogP) is 7.69. The Morgan fingerprint density at radius 3 is 2.31 bits per heavy atom. The molecule has 0 unspecified atom stereocenters. The van der Waals surface area contributed by atoms with Gasteiger partial charge in [0.2, 0.25) is 5.95 Å². The summed E-state index contributed by atoms with van der Waals surface area (Å²) in [5, 5.41) is 3.22. The molecule has 7 nitrogen and oxygen atoms in total. The molecule has 0 spiro atoms. The van der Waals surface area contributed by atoms with Crippen LogP contribution in [0, 0.1) is 6.92 Å². The van der Waals surface area contributed by atoms with Gasteiger partial charge in [-0.15, -0.1) is 0 Å². The Bertz CT molecular complexity index is 1170. The molecule has 4 heterocycles. The smallest absolute Gasteiger partial charge is 0.351 e. The monoisotopic (exact) mass is 547 g/mol. The van der Waals surface area contributed by atoms with Crippen molar-refractivity contribution in [1.82, 2.24) is 29.4 Å². The number of imidazole rings is 1. The van der Waals surface area contributed by atoms with E-state index in [1.807, 2.05) is 32.9 Å². The summed E-state index contributed by atoms with van der Waals surface area (Å²) in [5.74, 6) is 0.185. The number of halogens is 3. The van der Waals surface area contributed by atoms with E-state index in [0.717, 1.165) is 68.6 Å². The van der Waals surface area contributed by atoms with Crippen molar-refractivity contribution in [2.24, 2.45) is 0 Å². The molecule has 39 heavy (non-hydrogen) atoms. The topological polar surface area (TPSA) is 71.8 Å². The Morgan fingerprint density at radius 2 is 1.69 bits per heavy atom. The van der Waals surface area contributed by atoms with Gasteiger partial charge in [-0.1, -0.05) is 47.0 Å². The van der Waals surface area contributed by atoms with Crippen LogP contribution in [0.4, 0.5) is 19.1 Å². The summed E-state index contributed by atoms with van der Waals surface area (Å²) >= 11 is 0. The Hall–Kier alpha value is -3.01. The van der Waals surface area contributed by atoms with E-state index in [0.29, 0.717) is 0 Å². The fourth-order valence-electron chi connectivity index (χ4n) is 4.91. The lowest BCUT2D eigenvalue weighted by atomic mass is 10.1. The summed E-state index contributed by atoms with van der Waals surface area (Å²) in [6.45, 7) is 13.0. The van der Waals surface area contributed by atoms with Crippen molar-refractivity contribution in [3.8, 4) is 17.1 Å². The van der Waals surface area contributed by atoms with E-state index in [4.69, 9.17) is 4.98 Å². The number of aromatic nitrogens is 5. The Balaban J connectivity index is 0.00000183. The van der Waals surface area contributed by atoms with Crippen LogP contribution in [0.3, 0.4) is 0 Å². The second kappa shape index (κ2) is 14.4. The van der Waals surface area contributed by atoms with Crippen molar-refractivity contribution in [1.29, 1.82) is 0 Å². The summed E-state index contributed by atoms with van der Waals surface area (Å²) in [6, 6.07) is 4.03. The lowest BCUT2D eigenvalue weighted by Crippen LogP contribution is -2.29. The average molecular weight is 548 g/mol. The maximum Gasteiger partial charge on any atom is 0.420 e. The van der Waals surface area contributed by atoms with Crippen LogP contribution in [0.5, 0.6) is 0 Å². The first-order valence-electron chi connectivity index (χ1n) is 14.2. The maximum atomic E-state index is 13.9. The van der Waals surface area contributed by atoms with Crippen molar-refractivity contribution < 1.29 is 14.6 Å². The Kier molecular flexibility index (Phi) is 11.3. The summed E-state index contributed by atoms with van der Waals surface area (Å²) in [5.41, 5.74) is 1.55. The predicted molar refractivity (Wildman–Crippen MR) is 152 cm³/mol. The summed E-state index contributed by atoms with van der Waals surface area (Å²) in [6.07, 6.45) is 6.74. The third-order valence-electron chi connectivity index (χ3n) is 6.75. The minimum Gasteiger partial charge on any atom is -0.351 e. The minimum atomic E-state index is -4.60. The van der Waals surface area contributed by atoms with Gasteiger partial charge in [0.15, 0.2) is 0 Å². The number of alkyl halides is 3. The highest BCUT2D eigenvalue weighted by atomic mass is 19.4. The SMILES string of the molecule is CC.CCCC(CCC)Nc1ncc(C(F)(F)F)c(-c2cn(-c3ccc(CN4CCCCC4)nc3C)cn2)n1.[HH]. The van der Waals surface area contributed by atoms with E-state index >= 15 is 0 Å². The molecule has 1 aliphatic rings. The molecule has 1 N–H and O–H groups in total. The lowest BCUT2D eigenvalue weighted by Gasteiger charge is -2.26. The fourth-order valence-corrected chi connectivity index (χ4v) is 4.91. The molecule has 0 bridgehead atoms. The number of hydrogen-bond acceptors (Lipinski definition) is 6. The second-order valence-corrected chi connectivity index (χ2v) is 9.78. The molecule has 1 saturated heterocycles. The van der Waals surface area contributed by atoms with Crippen LogP contribution in [-0.2, 0) is 12.7 Å². The van der Waals surface area contributed by atoms with E-state index < -0.39 is 11.7 Å². The van der Waals surface area contributed by atoms with Gasteiger partial charge in [0.25, 0.3) is 0 Å². The highest BCUT2D eigenvalue weighted by Gasteiger charge is 2.36. The molecule has 1 aliphatic heterocycles.